The van der Waals surface area contributed by atoms with Gasteiger partial charge in [-0.05, 0) is 19.4 Å². The van der Waals surface area contributed by atoms with Crippen LogP contribution in [-0.2, 0) is 25.9 Å². The van der Waals surface area contributed by atoms with Crippen molar-refractivity contribution in [2.45, 2.75) is 25.8 Å². The topological polar surface area (TPSA) is 69.6 Å². The molecule has 0 unspecified atom stereocenters. The summed E-state index contributed by atoms with van der Waals surface area (Å²) in [6.07, 6.45) is 1.17. The number of carboxylic acids is 1. The van der Waals surface area contributed by atoms with Crippen LogP contribution in [0.4, 0.5) is 0 Å². The van der Waals surface area contributed by atoms with Gasteiger partial charge >= 0.3 is 5.97 Å². The number of rotatable bonds is 6. The zero-order valence-corrected chi connectivity index (χ0v) is 10.1. The molecule has 4 nitrogen and oxygen atoms in total. The molecule has 0 aromatic carbocycles. The van der Waals surface area contributed by atoms with Crippen LogP contribution < -0.4 is 5.32 Å². The number of carbonyl (C=O) groups is 1. The number of carboxylic acid groups (broad SMARTS) is 1. The zero-order valence-electron chi connectivity index (χ0n) is 7.12. The molecule has 0 spiro atoms. The average molecular weight is 345 g/mol. The van der Waals surface area contributed by atoms with Gasteiger partial charge < -0.3 is 15.5 Å². The van der Waals surface area contributed by atoms with Crippen molar-refractivity contribution >= 4 is 5.97 Å². The molecule has 0 bridgehead atoms. The number of hydrogen-bond donors (Lipinski definition) is 3. The summed E-state index contributed by atoms with van der Waals surface area (Å²) in [6.45, 7) is 2.55. The normalized spacial score (nSPS) is 11.8. The van der Waals surface area contributed by atoms with Gasteiger partial charge in [-0.25, -0.2) is 0 Å². The van der Waals surface area contributed by atoms with Crippen molar-refractivity contribution in [2.24, 2.45) is 0 Å². The number of nitrogens with one attached hydrogen (secondary N) is 1. The molecule has 0 rings (SSSR count). The molecule has 0 heterocycles. The summed E-state index contributed by atoms with van der Waals surface area (Å²) in [5.41, 5.74) is 0. The minimum absolute atomic E-state index is 0. The van der Waals surface area contributed by atoms with Crippen LogP contribution in [0, 0.1) is 0 Å². The third-order valence-corrected chi connectivity index (χ3v) is 1.36. The van der Waals surface area contributed by atoms with Gasteiger partial charge in [0.2, 0.25) is 0 Å². The molecule has 1 atom stereocenters. The molecule has 0 aromatic rings. The van der Waals surface area contributed by atoms with E-state index in [9.17, 15) is 4.79 Å². The van der Waals surface area contributed by atoms with E-state index in [1.165, 1.54) is 0 Å². The summed E-state index contributed by atoms with van der Waals surface area (Å²) in [5.74, 6) is -0.896. The minimum Gasteiger partial charge on any atom is -0.480 e. The molecule has 0 aliphatic rings. The smallest absolute Gasteiger partial charge is 0.320 e. The molecule has 0 saturated carbocycles. The van der Waals surface area contributed by atoms with Crippen LogP contribution in [0.2, 0.25) is 0 Å². The molecule has 0 radical (unpaired) electrons. The van der Waals surface area contributed by atoms with Crippen LogP contribution in [0.1, 0.15) is 19.8 Å². The summed E-state index contributed by atoms with van der Waals surface area (Å²) in [7, 11) is 0. The second-order valence-electron chi connectivity index (χ2n) is 2.36. The molecule has 0 aromatic heterocycles. The molecule has 12 heavy (non-hydrogen) atoms. The summed E-state index contributed by atoms with van der Waals surface area (Å²) in [4.78, 5) is 10.4. The zero-order chi connectivity index (χ0) is 8.69. The number of hydrogen-bond acceptors (Lipinski definition) is 3. The molecule has 72 valence electrons. The van der Waals surface area contributed by atoms with Gasteiger partial charge in [-0.15, -0.1) is 0 Å². The summed E-state index contributed by atoms with van der Waals surface area (Å²) in [6, 6.07) is -0.597. The van der Waals surface area contributed by atoms with Gasteiger partial charge in [0.1, 0.15) is 6.04 Å². The molecular formula is C7H15NO3W. The molecule has 3 N–H and O–H groups in total. The quantitative estimate of drug-likeness (QED) is 0.625. The van der Waals surface area contributed by atoms with Gasteiger partial charge in [0.25, 0.3) is 0 Å². The van der Waals surface area contributed by atoms with E-state index in [2.05, 4.69) is 5.32 Å². The van der Waals surface area contributed by atoms with Gasteiger partial charge in [0.15, 0.2) is 0 Å². The number of aliphatic hydroxyl groups excluding tert-OH is 1. The van der Waals surface area contributed by atoms with Crippen molar-refractivity contribution in [3.63, 3.8) is 0 Å². The van der Waals surface area contributed by atoms with Crippen molar-refractivity contribution < 1.29 is 36.1 Å². The van der Waals surface area contributed by atoms with Crippen LogP contribution in [-0.4, -0.2) is 35.4 Å². The first-order valence-electron chi connectivity index (χ1n) is 3.79. The van der Waals surface area contributed by atoms with Gasteiger partial charge in [0, 0.05) is 27.7 Å². The Kier molecular flexibility index (Phi) is 11.2. The first-order valence-corrected chi connectivity index (χ1v) is 3.79. The van der Waals surface area contributed by atoms with E-state index in [4.69, 9.17) is 10.2 Å². The van der Waals surface area contributed by atoms with Crippen LogP contribution >= 0.6 is 0 Å². The fourth-order valence-corrected chi connectivity index (χ4v) is 0.761. The molecule has 0 aliphatic carbocycles. The molecule has 0 fully saturated rings. The first kappa shape index (κ1) is 14.6. The maximum absolute atomic E-state index is 10.4. The van der Waals surface area contributed by atoms with Crippen molar-refractivity contribution in [3.05, 3.63) is 0 Å². The van der Waals surface area contributed by atoms with Crippen LogP contribution in [0.15, 0.2) is 0 Å². The molecule has 0 aliphatic heterocycles. The Morgan fingerprint density at radius 1 is 1.58 bits per heavy atom. The van der Waals surface area contributed by atoms with E-state index < -0.39 is 12.0 Å². The fraction of sp³-hybridized carbons (Fsp3) is 0.857. The van der Waals surface area contributed by atoms with Gasteiger partial charge in [-0.2, -0.15) is 0 Å². The second kappa shape index (κ2) is 9.17. The van der Waals surface area contributed by atoms with Crippen LogP contribution in [0.25, 0.3) is 0 Å². The number of aliphatic hydroxyl groups is 1. The van der Waals surface area contributed by atoms with Crippen LogP contribution in [0.5, 0.6) is 0 Å². The Morgan fingerprint density at radius 3 is 2.50 bits per heavy atom. The maximum atomic E-state index is 10.4. The van der Waals surface area contributed by atoms with Crippen molar-refractivity contribution in [2.75, 3.05) is 13.2 Å². The minimum atomic E-state index is -0.896. The predicted molar refractivity (Wildman–Crippen MR) is 41.4 cm³/mol. The fourth-order valence-electron chi connectivity index (χ4n) is 0.761. The SMILES string of the molecule is CCCN[C@@H](CCO)C(=O)O.[W]. The van der Waals surface area contributed by atoms with Gasteiger partial charge in [-0.1, -0.05) is 6.92 Å². The van der Waals surface area contributed by atoms with Crippen LogP contribution in [0.3, 0.4) is 0 Å². The Bertz CT molecular complexity index is 121. The number of aliphatic carboxylic acids is 1. The van der Waals surface area contributed by atoms with Crippen molar-refractivity contribution in [1.82, 2.24) is 5.32 Å². The Morgan fingerprint density at radius 2 is 2.17 bits per heavy atom. The van der Waals surface area contributed by atoms with Crippen molar-refractivity contribution in [3.8, 4) is 0 Å². The Labute approximate surface area is 86.6 Å². The third-order valence-electron chi connectivity index (χ3n) is 1.36. The van der Waals surface area contributed by atoms with Gasteiger partial charge in [-0.3, -0.25) is 4.79 Å². The van der Waals surface area contributed by atoms with Crippen molar-refractivity contribution in [1.29, 1.82) is 0 Å². The van der Waals surface area contributed by atoms with E-state index >= 15 is 0 Å². The third kappa shape index (κ3) is 6.77. The first-order chi connectivity index (χ1) is 5.22. The molecular weight excluding hydrogens is 330 g/mol. The van der Waals surface area contributed by atoms with E-state index in [1.807, 2.05) is 6.92 Å². The Hall–Kier alpha value is 0.0783. The predicted octanol–water partition coefficient (Wildman–Crippen LogP) is -0.181. The largest absolute Gasteiger partial charge is 0.480 e. The standard InChI is InChI=1S/C7H15NO3.W/c1-2-4-8-6(3-5-9)7(10)11;/h6,8-9H,2-5H2,1H3,(H,10,11);/t6-;/m0./s1. The summed E-state index contributed by atoms with van der Waals surface area (Å²) < 4.78 is 0. The van der Waals surface area contributed by atoms with E-state index in [1.54, 1.807) is 0 Å². The van der Waals surface area contributed by atoms with E-state index in [0.29, 0.717) is 6.54 Å². The van der Waals surface area contributed by atoms with E-state index in [-0.39, 0.29) is 34.1 Å². The molecule has 0 amide bonds. The molecule has 5 heteroatoms. The monoisotopic (exact) mass is 345 g/mol. The van der Waals surface area contributed by atoms with E-state index in [0.717, 1.165) is 6.42 Å². The molecule has 0 saturated heterocycles. The summed E-state index contributed by atoms with van der Waals surface area (Å²) >= 11 is 0. The Balaban J connectivity index is 0. The van der Waals surface area contributed by atoms with Gasteiger partial charge in [0.05, 0.1) is 0 Å². The second-order valence-corrected chi connectivity index (χ2v) is 2.36. The maximum Gasteiger partial charge on any atom is 0.320 e. The summed E-state index contributed by atoms with van der Waals surface area (Å²) in [5, 5.41) is 19.8. The average Bonchev–Trinajstić information content (AvgIpc) is 1.97.